The van der Waals surface area contributed by atoms with Crippen molar-refractivity contribution < 1.29 is 4.79 Å². The van der Waals surface area contributed by atoms with Gasteiger partial charge in [0, 0.05) is 6.04 Å². The van der Waals surface area contributed by atoms with Crippen molar-refractivity contribution in [2.45, 2.75) is 33.2 Å². The molecule has 0 aromatic rings. The highest BCUT2D eigenvalue weighted by Gasteiger charge is 2.12. The molecule has 0 heterocycles. The van der Waals surface area contributed by atoms with Crippen LogP contribution < -0.4 is 11.1 Å². The topological polar surface area (TPSA) is 55.1 Å². The zero-order valence-electron chi connectivity index (χ0n) is 7.55. The first-order valence-electron chi connectivity index (χ1n) is 4.11. The Bertz CT molecular complexity index is 123. The molecule has 1 unspecified atom stereocenters. The minimum Gasteiger partial charge on any atom is -0.352 e. The Morgan fingerprint density at radius 1 is 1.55 bits per heavy atom. The van der Waals surface area contributed by atoms with Crippen molar-refractivity contribution in [3.63, 3.8) is 0 Å². The minimum atomic E-state index is -0.0643. The van der Waals surface area contributed by atoms with E-state index in [-0.39, 0.29) is 18.5 Å². The van der Waals surface area contributed by atoms with Crippen LogP contribution in [0.15, 0.2) is 0 Å². The third-order valence-electron chi connectivity index (χ3n) is 1.78. The molecular formula is C8H18N2O. The predicted octanol–water partition coefficient (Wildman–Crippen LogP) is 0.496. The van der Waals surface area contributed by atoms with Crippen LogP contribution in [0, 0.1) is 5.92 Å². The lowest BCUT2D eigenvalue weighted by atomic mass is 10.0. The molecule has 1 amide bonds. The van der Waals surface area contributed by atoms with Gasteiger partial charge in [0.25, 0.3) is 0 Å². The fourth-order valence-electron chi connectivity index (χ4n) is 1.01. The van der Waals surface area contributed by atoms with Crippen LogP contribution >= 0.6 is 0 Å². The van der Waals surface area contributed by atoms with E-state index in [4.69, 9.17) is 5.73 Å². The van der Waals surface area contributed by atoms with E-state index in [1.807, 2.05) is 0 Å². The summed E-state index contributed by atoms with van der Waals surface area (Å²) >= 11 is 0. The molecule has 0 spiro atoms. The molecule has 0 aliphatic heterocycles. The highest BCUT2D eigenvalue weighted by Crippen LogP contribution is 2.04. The van der Waals surface area contributed by atoms with Crippen LogP contribution in [0.4, 0.5) is 0 Å². The molecule has 3 heteroatoms. The smallest absolute Gasteiger partial charge is 0.233 e. The summed E-state index contributed by atoms with van der Waals surface area (Å²) in [5.41, 5.74) is 5.16. The Morgan fingerprint density at radius 3 is 2.36 bits per heavy atom. The highest BCUT2D eigenvalue weighted by molar-refractivity contribution is 5.78. The Labute approximate surface area is 68.3 Å². The van der Waals surface area contributed by atoms with Gasteiger partial charge in [0.2, 0.25) is 5.91 Å². The van der Waals surface area contributed by atoms with Crippen molar-refractivity contribution in [2.75, 3.05) is 6.54 Å². The number of nitrogens with one attached hydrogen (secondary N) is 1. The van der Waals surface area contributed by atoms with Crippen molar-refractivity contribution in [1.82, 2.24) is 5.32 Å². The van der Waals surface area contributed by atoms with Crippen molar-refractivity contribution in [3.05, 3.63) is 0 Å². The maximum Gasteiger partial charge on any atom is 0.233 e. The molecule has 0 bridgehead atoms. The average Bonchev–Trinajstić information content (AvgIpc) is 1.99. The Balaban J connectivity index is 3.78. The Hall–Kier alpha value is -0.570. The molecule has 0 saturated heterocycles. The summed E-state index contributed by atoms with van der Waals surface area (Å²) in [6.07, 6.45) is 0.962. The number of rotatable bonds is 4. The lowest BCUT2D eigenvalue weighted by Crippen LogP contribution is -2.41. The van der Waals surface area contributed by atoms with E-state index in [1.165, 1.54) is 0 Å². The van der Waals surface area contributed by atoms with E-state index in [1.54, 1.807) is 0 Å². The van der Waals surface area contributed by atoms with Gasteiger partial charge in [0.15, 0.2) is 0 Å². The lowest BCUT2D eigenvalue weighted by molar-refractivity contribution is -0.120. The highest BCUT2D eigenvalue weighted by atomic mass is 16.1. The summed E-state index contributed by atoms with van der Waals surface area (Å²) in [7, 11) is 0. The largest absolute Gasteiger partial charge is 0.352 e. The second-order valence-electron chi connectivity index (χ2n) is 3.03. The molecule has 0 saturated carbocycles. The van der Waals surface area contributed by atoms with Crippen molar-refractivity contribution in [2.24, 2.45) is 11.7 Å². The number of hydrogen-bond acceptors (Lipinski definition) is 2. The fourth-order valence-corrected chi connectivity index (χ4v) is 1.01. The fraction of sp³-hybridized carbons (Fsp3) is 0.875. The van der Waals surface area contributed by atoms with Crippen LogP contribution in [0.5, 0.6) is 0 Å². The van der Waals surface area contributed by atoms with Gasteiger partial charge in [-0.15, -0.1) is 0 Å². The summed E-state index contributed by atoms with van der Waals surface area (Å²) in [6, 6.07) is 0.269. The van der Waals surface area contributed by atoms with E-state index < -0.39 is 0 Å². The molecule has 0 aliphatic rings. The Kier molecular flexibility index (Phi) is 4.86. The lowest BCUT2D eigenvalue weighted by Gasteiger charge is -2.19. The molecule has 66 valence electrons. The summed E-state index contributed by atoms with van der Waals surface area (Å²) in [5, 5.41) is 2.85. The van der Waals surface area contributed by atoms with Crippen LogP contribution in [0.1, 0.15) is 27.2 Å². The summed E-state index contributed by atoms with van der Waals surface area (Å²) < 4.78 is 0. The summed E-state index contributed by atoms with van der Waals surface area (Å²) in [5.74, 6) is 0.418. The van der Waals surface area contributed by atoms with Crippen LogP contribution in [0.25, 0.3) is 0 Å². The summed E-state index contributed by atoms with van der Waals surface area (Å²) in [4.78, 5) is 10.8. The third-order valence-corrected chi connectivity index (χ3v) is 1.78. The second kappa shape index (κ2) is 5.13. The molecule has 3 N–H and O–H groups in total. The van der Waals surface area contributed by atoms with Crippen LogP contribution in [0.2, 0.25) is 0 Å². The zero-order chi connectivity index (χ0) is 8.85. The maximum atomic E-state index is 10.8. The van der Waals surface area contributed by atoms with Gasteiger partial charge < -0.3 is 11.1 Å². The molecule has 0 aromatic carbocycles. The molecule has 3 nitrogen and oxygen atoms in total. The molecular weight excluding hydrogens is 140 g/mol. The number of hydrogen-bond donors (Lipinski definition) is 2. The Morgan fingerprint density at radius 2 is 2.09 bits per heavy atom. The molecule has 0 radical (unpaired) electrons. The van der Waals surface area contributed by atoms with Gasteiger partial charge >= 0.3 is 0 Å². The van der Waals surface area contributed by atoms with Crippen LogP contribution in [0.3, 0.4) is 0 Å². The number of nitrogens with two attached hydrogens (primary N) is 1. The van der Waals surface area contributed by atoms with Gasteiger partial charge in [-0.2, -0.15) is 0 Å². The minimum absolute atomic E-state index is 0.0643. The number of carbonyl (C=O) groups is 1. The van der Waals surface area contributed by atoms with Crippen LogP contribution in [-0.2, 0) is 4.79 Å². The molecule has 0 aromatic heterocycles. The van der Waals surface area contributed by atoms with Crippen LogP contribution in [-0.4, -0.2) is 18.5 Å². The van der Waals surface area contributed by atoms with Crippen molar-refractivity contribution >= 4 is 5.91 Å². The second-order valence-corrected chi connectivity index (χ2v) is 3.03. The number of carbonyl (C=O) groups excluding carboxylic acids is 1. The van der Waals surface area contributed by atoms with E-state index in [0.717, 1.165) is 6.42 Å². The average molecular weight is 158 g/mol. The first-order valence-corrected chi connectivity index (χ1v) is 4.11. The normalized spacial score (nSPS) is 13.2. The summed E-state index contributed by atoms with van der Waals surface area (Å²) in [6.45, 7) is 6.32. The molecule has 0 fully saturated rings. The van der Waals surface area contributed by atoms with Crippen molar-refractivity contribution in [1.29, 1.82) is 0 Å². The number of amides is 1. The van der Waals surface area contributed by atoms with E-state index in [0.29, 0.717) is 5.92 Å². The van der Waals surface area contributed by atoms with E-state index in [9.17, 15) is 4.79 Å². The zero-order valence-corrected chi connectivity index (χ0v) is 7.55. The first kappa shape index (κ1) is 10.4. The van der Waals surface area contributed by atoms with Gasteiger partial charge in [0.1, 0.15) is 0 Å². The SMILES string of the molecule is CCC(NC(=O)CN)C(C)C. The molecule has 1 atom stereocenters. The van der Waals surface area contributed by atoms with E-state index in [2.05, 4.69) is 26.1 Å². The molecule has 0 aliphatic carbocycles. The maximum absolute atomic E-state index is 10.8. The van der Waals surface area contributed by atoms with Gasteiger partial charge in [0.05, 0.1) is 6.54 Å². The van der Waals surface area contributed by atoms with Gasteiger partial charge in [-0.1, -0.05) is 20.8 Å². The standard InChI is InChI=1S/C8H18N2O/c1-4-7(6(2)3)10-8(11)5-9/h6-7H,4-5,9H2,1-3H3,(H,10,11). The molecule has 0 rings (SSSR count). The third kappa shape index (κ3) is 3.98. The van der Waals surface area contributed by atoms with E-state index >= 15 is 0 Å². The van der Waals surface area contributed by atoms with Gasteiger partial charge in [-0.25, -0.2) is 0 Å². The van der Waals surface area contributed by atoms with Gasteiger partial charge in [-0.3, -0.25) is 4.79 Å². The first-order chi connectivity index (χ1) is 5.11. The monoisotopic (exact) mass is 158 g/mol. The molecule has 11 heavy (non-hydrogen) atoms. The van der Waals surface area contributed by atoms with Gasteiger partial charge in [-0.05, 0) is 12.3 Å². The van der Waals surface area contributed by atoms with Crippen molar-refractivity contribution in [3.8, 4) is 0 Å². The predicted molar refractivity (Wildman–Crippen MR) is 46.1 cm³/mol. The quantitative estimate of drug-likeness (QED) is 0.626.